The van der Waals surface area contributed by atoms with Gasteiger partial charge in [0.05, 0.1) is 51.4 Å². The number of carbonyl (C=O) groups is 1. The van der Waals surface area contributed by atoms with Crippen LogP contribution in [0.4, 0.5) is 4.79 Å². The first-order chi connectivity index (χ1) is 30.9. The van der Waals surface area contributed by atoms with Crippen LogP contribution in [0.25, 0.3) is 0 Å². The number of sulfonamides is 1. The zero-order valence-electron chi connectivity index (χ0n) is 36.9. The number of hydrogen-bond donors (Lipinski definition) is 1. The molecule has 346 valence electrons. The first-order valence-corrected chi connectivity index (χ1v) is 28.3. The second-order valence-electron chi connectivity index (χ2n) is 17.4. The van der Waals surface area contributed by atoms with E-state index in [0.29, 0.717) is 18.4 Å². The van der Waals surface area contributed by atoms with E-state index in [1.807, 2.05) is 128 Å². The Morgan fingerprint density at radius 3 is 1.62 bits per heavy atom. The van der Waals surface area contributed by atoms with Gasteiger partial charge in [-0.25, -0.2) is 17.9 Å². The van der Waals surface area contributed by atoms with E-state index in [9.17, 15) is 13.2 Å². The third-order valence-corrected chi connectivity index (χ3v) is 15.7. The van der Waals surface area contributed by atoms with Gasteiger partial charge >= 0.3 is 6.16 Å². The van der Waals surface area contributed by atoms with Crippen molar-refractivity contribution in [3.63, 3.8) is 0 Å². The summed E-state index contributed by atoms with van der Waals surface area (Å²) < 4.78 is 89.7. The monoisotopic (exact) mass is 935 g/mol. The lowest BCUT2D eigenvalue weighted by molar-refractivity contribution is -0.333. The average Bonchev–Trinajstić information content (AvgIpc) is 3.69. The summed E-state index contributed by atoms with van der Waals surface area (Å²) in [5.41, 5.74) is 3.01. The van der Waals surface area contributed by atoms with E-state index in [0.717, 1.165) is 22.3 Å². The van der Waals surface area contributed by atoms with Gasteiger partial charge in [0.2, 0.25) is 10.0 Å². The van der Waals surface area contributed by atoms with Crippen LogP contribution in [0.1, 0.15) is 29.2 Å². The van der Waals surface area contributed by atoms with Gasteiger partial charge in [0, 0.05) is 8.07 Å². The second kappa shape index (κ2) is 23.2. The molecule has 0 bridgehead atoms. The van der Waals surface area contributed by atoms with E-state index < -0.39 is 84.7 Å². The number of ether oxygens (including phenoxy) is 9. The smallest absolute Gasteiger partial charge is 0.424 e. The highest BCUT2D eigenvalue weighted by molar-refractivity contribution is 7.99. The molecule has 0 spiro atoms. The van der Waals surface area contributed by atoms with Crippen molar-refractivity contribution in [1.82, 2.24) is 4.72 Å². The van der Waals surface area contributed by atoms with Gasteiger partial charge in [-0.05, 0) is 34.1 Å². The Kier molecular flexibility index (Phi) is 17.5. The van der Waals surface area contributed by atoms with Crippen molar-refractivity contribution in [1.29, 1.82) is 0 Å². The molecule has 4 aromatic carbocycles. The maximum absolute atomic E-state index is 14.1. The third kappa shape index (κ3) is 13.9. The van der Waals surface area contributed by atoms with Crippen LogP contribution in [0.5, 0.6) is 0 Å². The summed E-state index contributed by atoms with van der Waals surface area (Å²) in [6, 6.07) is 38.5. The SMILES string of the molecule is CCSC1OC(COCc2ccccc2)[C@@H](OC2OC(COCc3ccccc3)[C@@H]3OC(=O)O[C@@H]3[C@@H]2OCc2ccccc2)[C@@H](OCc2ccccc2)[C@@H]1NS(=O)(=O)CC[Si](C)(C)C. The largest absolute Gasteiger partial charge is 0.509 e. The normalized spacial score (nSPS) is 27.1. The summed E-state index contributed by atoms with van der Waals surface area (Å²) in [4.78, 5) is 13.0. The molecule has 7 rings (SSSR count). The highest BCUT2D eigenvalue weighted by atomic mass is 32.2. The molecular weight excluding hydrogens is 875 g/mol. The second-order valence-corrected chi connectivity index (χ2v) is 26.2. The zero-order valence-corrected chi connectivity index (χ0v) is 39.5. The van der Waals surface area contributed by atoms with Crippen molar-refractivity contribution in [2.45, 2.75) is 120 Å². The van der Waals surface area contributed by atoms with Crippen LogP contribution in [0.2, 0.25) is 25.7 Å². The van der Waals surface area contributed by atoms with Crippen LogP contribution in [-0.2, 0) is 79.1 Å². The number of thioether (sulfide) groups is 1. The highest BCUT2D eigenvalue weighted by Crippen LogP contribution is 2.39. The fraction of sp³-hybridized carbons (Fsp3) is 0.479. The Balaban J connectivity index is 1.25. The number of nitrogens with one attached hydrogen (secondary N) is 1. The molecule has 4 aromatic rings. The fourth-order valence-electron chi connectivity index (χ4n) is 7.79. The molecule has 13 nitrogen and oxygen atoms in total. The minimum atomic E-state index is -3.84. The molecule has 3 fully saturated rings. The van der Waals surface area contributed by atoms with Gasteiger partial charge in [0.25, 0.3) is 0 Å². The van der Waals surface area contributed by atoms with Crippen molar-refractivity contribution in [3.8, 4) is 0 Å². The van der Waals surface area contributed by atoms with Crippen LogP contribution in [-0.4, -0.2) is 108 Å². The molecule has 0 saturated carbocycles. The van der Waals surface area contributed by atoms with Gasteiger partial charge < -0.3 is 42.6 Å². The zero-order chi connectivity index (χ0) is 44.9. The maximum atomic E-state index is 14.1. The van der Waals surface area contributed by atoms with Gasteiger partial charge in [-0.3, -0.25) is 0 Å². The molecule has 16 heteroatoms. The minimum Gasteiger partial charge on any atom is -0.424 e. The fourth-order valence-corrected chi connectivity index (χ4v) is 13.2. The molecular formula is C48H61NO12S2Si. The Bertz CT molecular complexity index is 2120. The van der Waals surface area contributed by atoms with Crippen LogP contribution in [0.3, 0.4) is 0 Å². The lowest BCUT2D eigenvalue weighted by Crippen LogP contribution is -2.67. The predicted molar refractivity (Wildman–Crippen MR) is 247 cm³/mol. The summed E-state index contributed by atoms with van der Waals surface area (Å²) >= 11 is 1.48. The number of fused-ring (bicyclic) bond motifs is 1. The molecule has 0 aliphatic carbocycles. The molecule has 0 radical (unpaired) electrons. The van der Waals surface area contributed by atoms with Crippen LogP contribution in [0, 0.1) is 0 Å². The summed E-state index contributed by atoms with van der Waals surface area (Å²) in [6.45, 7) is 9.41. The molecule has 0 amide bonds. The van der Waals surface area contributed by atoms with Crippen molar-refractivity contribution in [2.24, 2.45) is 0 Å². The first kappa shape index (κ1) is 48.3. The van der Waals surface area contributed by atoms with Gasteiger partial charge in [0.1, 0.15) is 36.0 Å². The van der Waals surface area contributed by atoms with Crippen molar-refractivity contribution < 1.29 is 55.8 Å². The molecule has 10 atom stereocenters. The van der Waals surface area contributed by atoms with Crippen LogP contribution in [0.15, 0.2) is 121 Å². The lowest BCUT2D eigenvalue weighted by atomic mass is 9.96. The van der Waals surface area contributed by atoms with E-state index in [-0.39, 0.29) is 38.8 Å². The topological polar surface area (TPSA) is 146 Å². The summed E-state index contributed by atoms with van der Waals surface area (Å²) in [5, 5.41) is 0. The standard InChI is InChI=1S/C48H61NO12S2Si/c1-5-62-47-40(49-63(51,52)26-27-64(2,3)4)43(55-30-36-22-14-8-15-23-36)41(39(58-47)33-54-29-35-20-12-7-13-21-35)59-46-45(56-31-37-24-16-9-17-25-37)44-42(60-48(50)61-44)38(57-46)32-53-28-34-18-10-6-11-19-34/h6-25,38-47,49H,5,26-33H2,1-4H3/t38?,39?,40-,41+,42-,43-,44-,45-,46?,47?/m0/s1. The first-order valence-electron chi connectivity index (χ1n) is 21.9. The highest BCUT2D eigenvalue weighted by Gasteiger charge is 2.58. The van der Waals surface area contributed by atoms with Crippen LogP contribution >= 0.6 is 11.8 Å². The summed E-state index contributed by atoms with van der Waals surface area (Å²) in [5.74, 6) is 0.593. The molecule has 1 N–H and O–H groups in total. The molecule has 3 aliphatic heterocycles. The lowest BCUT2D eigenvalue weighted by Gasteiger charge is -2.49. The van der Waals surface area contributed by atoms with E-state index in [1.54, 1.807) is 0 Å². The average molecular weight is 936 g/mol. The van der Waals surface area contributed by atoms with Crippen LogP contribution < -0.4 is 4.72 Å². The Hall–Kier alpha value is -3.65. The number of hydrogen-bond acceptors (Lipinski definition) is 13. The van der Waals surface area contributed by atoms with Crippen molar-refractivity contribution in [3.05, 3.63) is 144 Å². The Morgan fingerprint density at radius 2 is 1.11 bits per heavy atom. The van der Waals surface area contributed by atoms with E-state index in [4.69, 9.17) is 42.6 Å². The number of rotatable bonds is 23. The Morgan fingerprint density at radius 1 is 0.625 bits per heavy atom. The molecule has 64 heavy (non-hydrogen) atoms. The molecule has 3 aliphatic rings. The molecule has 4 unspecified atom stereocenters. The van der Waals surface area contributed by atoms with Crippen molar-refractivity contribution >= 4 is 36.0 Å². The predicted octanol–water partition coefficient (Wildman–Crippen LogP) is 7.71. The number of benzene rings is 4. The number of carbonyl (C=O) groups excluding carboxylic acids is 1. The third-order valence-electron chi connectivity index (χ3n) is 11.1. The van der Waals surface area contributed by atoms with Crippen molar-refractivity contribution in [2.75, 3.05) is 24.7 Å². The van der Waals surface area contributed by atoms with Gasteiger partial charge in [-0.15, -0.1) is 11.8 Å². The molecule has 0 aromatic heterocycles. The maximum Gasteiger partial charge on any atom is 0.509 e. The van der Waals surface area contributed by atoms with Gasteiger partial charge in [0.15, 0.2) is 18.5 Å². The molecule has 3 saturated heterocycles. The summed E-state index contributed by atoms with van der Waals surface area (Å²) in [7, 11) is -5.59. The van der Waals surface area contributed by atoms with Gasteiger partial charge in [-0.2, -0.15) is 0 Å². The van der Waals surface area contributed by atoms with Gasteiger partial charge in [-0.1, -0.05) is 148 Å². The van der Waals surface area contributed by atoms with E-state index in [1.165, 1.54) is 11.8 Å². The molecule has 3 heterocycles. The summed E-state index contributed by atoms with van der Waals surface area (Å²) in [6.07, 6.45) is -8.45. The Labute approximate surface area is 382 Å². The van der Waals surface area contributed by atoms with E-state index in [2.05, 4.69) is 24.4 Å². The minimum absolute atomic E-state index is 0.0331. The van der Waals surface area contributed by atoms with E-state index >= 15 is 0 Å². The quantitative estimate of drug-likeness (QED) is 0.0573.